The maximum absolute atomic E-state index is 12.5. The van der Waals surface area contributed by atoms with Crippen LogP contribution in [0.25, 0.3) is 5.65 Å². The number of nitrogens with zero attached hydrogens (tertiary/aromatic N) is 4. The topological polar surface area (TPSA) is 98.7 Å². The number of ether oxygens (including phenoxy) is 3. The van der Waals surface area contributed by atoms with Gasteiger partial charge in [0.2, 0.25) is 0 Å². The van der Waals surface area contributed by atoms with Crippen molar-refractivity contribution in [1.29, 1.82) is 5.26 Å². The Morgan fingerprint density at radius 1 is 1.33 bits per heavy atom. The number of carbonyl (C=O) groups excluding carboxylic acids is 1. The van der Waals surface area contributed by atoms with Crippen LogP contribution < -0.4 is 9.47 Å². The molecule has 0 saturated carbocycles. The highest BCUT2D eigenvalue weighted by Gasteiger charge is 2.29. The lowest BCUT2D eigenvalue weighted by atomic mass is 10.2. The number of alkyl halides is 3. The van der Waals surface area contributed by atoms with Crippen LogP contribution in [0.2, 0.25) is 5.02 Å². The molecule has 0 bridgehead atoms. The van der Waals surface area contributed by atoms with Crippen LogP contribution in [0.1, 0.15) is 21.7 Å². The van der Waals surface area contributed by atoms with Crippen molar-refractivity contribution in [3.63, 3.8) is 0 Å². The van der Waals surface area contributed by atoms with E-state index in [2.05, 4.69) is 14.7 Å². The fraction of sp³-hybridized carbons (Fsp3) is 0.222. The summed E-state index contributed by atoms with van der Waals surface area (Å²) in [4.78, 5) is 19.8. The molecule has 0 unspecified atom stereocenters. The molecule has 3 aromatic rings. The minimum absolute atomic E-state index is 0.00226. The standard InChI is InChI=1S/C18H12ClF3N4O4/c1-9-15(17(27)28-2)25-14-3-10(5-23)13(7-26(9)14)30-16-12(4-11(19)6-24-16)29-8-18(20,21)22/h3-4,6-7H,8H2,1-2H3. The smallest absolute Gasteiger partial charge is 0.422 e. The summed E-state index contributed by atoms with van der Waals surface area (Å²) >= 11 is 5.79. The summed E-state index contributed by atoms with van der Waals surface area (Å²) in [6.45, 7) is 0.0130. The number of pyridine rings is 2. The Morgan fingerprint density at radius 3 is 2.70 bits per heavy atom. The van der Waals surface area contributed by atoms with Crippen LogP contribution in [-0.4, -0.2) is 40.2 Å². The quantitative estimate of drug-likeness (QED) is 0.551. The molecule has 3 rings (SSSR count). The number of esters is 1. The molecule has 0 aliphatic heterocycles. The molecule has 12 heteroatoms. The van der Waals surface area contributed by atoms with Crippen molar-refractivity contribution in [2.24, 2.45) is 0 Å². The number of aromatic nitrogens is 3. The largest absolute Gasteiger partial charge is 0.478 e. The number of carbonyl (C=O) groups is 1. The lowest BCUT2D eigenvalue weighted by Crippen LogP contribution is -2.19. The number of methoxy groups -OCH3 is 1. The number of fused-ring (bicyclic) bond motifs is 1. The molecule has 0 saturated heterocycles. The van der Waals surface area contributed by atoms with Gasteiger partial charge < -0.3 is 14.2 Å². The van der Waals surface area contributed by atoms with Crippen molar-refractivity contribution < 1.29 is 32.2 Å². The molecule has 0 aromatic carbocycles. The first kappa shape index (κ1) is 21.2. The van der Waals surface area contributed by atoms with Crippen molar-refractivity contribution in [3.8, 4) is 23.4 Å². The predicted octanol–water partition coefficient (Wildman–Crippen LogP) is 4.08. The molecule has 0 atom stereocenters. The zero-order chi connectivity index (χ0) is 22.1. The first-order valence-electron chi connectivity index (χ1n) is 8.17. The van der Waals surface area contributed by atoms with E-state index in [1.165, 1.54) is 23.8 Å². The molecule has 0 amide bonds. The number of nitriles is 1. The van der Waals surface area contributed by atoms with Crippen molar-refractivity contribution in [2.45, 2.75) is 13.1 Å². The van der Waals surface area contributed by atoms with Gasteiger partial charge in [0.1, 0.15) is 11.7 Å². The molecule has 0 aliphatic carbocycles. The minimum Gasteiger partial charge on any atom is -0.478 e. The van der Waals surface area contributed by atoms with Crippen molar-refractivity contribution in [2.75, 3.05) is 13.7 Å². The van der Waals surface area contributed by atoms with Crippen LogP contribution in [0.4, 0.5) is 13.2 Å². The van der Waals surface area contributed by atoms with Crippen LogP contribution in [0.5, 0.6) is 17.4 Å². The Balaban J connectivity index is 2.04. The van der Waals surface area contributed by atoms with Gasteiger partial charge in [0.25, 0.3) is 5.88 Å². The van der Waals surface area contributed by atoms with E-state index in [1.54, 1.807) is 6.92 Å². The zero-order valence-electron chi connectivity index (χ0n) is 15.5. The van der Waals surface area contributed by atoms with Gasteiger partial charge in [-0.25, -0.2) is 14.8 Å². The van der Waals surface area contributed by atoms with E-state index < -0.39 is 18.8 Å². The molecule has 3 aromatic heterocycles. The van der Waals surface area contributed by atoms with E-state index >= 15 is 0 Å². The molecule has 3 heterocycles. The second-order valence-corrected chi connectivity index (χ2v) is 6.33. The summed E-state index contributed by atoms with van der Waals surface area (Å²) in [5.41, 5.74) is 0.720. The first-order valence-corrected chi connectivity index (χ1v) is 8.55. The van der Waals surface area contributed by atoms with Gasteiger partial charge in [0.15, 0.2) is 23.8 Å². The molecule has 30 heavy (non-hydrogen) atoms. The third kappa shape index (κ3) is 4.38. The normalized spacial score (nSPS) is 11.2. The van der Waals surface area contributed by atoms with E-state index in [9.17, 15) is 23.2 Å². The monoisotopic (exact) mass is 440 g/mol. The molecule has 156 valence electrons. The van der Waals surface area contributed by atoms with E-state index in [4.69, 9.17) is 21.1 Å². The molecule has 0 N–H and O–H groups in total. The van der Waals surface area contributed by atoms with Crippen molar-refractivity contribution >= 4 is 23.2 Å². The molecule has 0 spiro atoms. The molecule has 0 fully saturated rings. The second kappa shape index (κ2) is 8.08. The molecule has 8 nitrogen and oxygen atoms in total. The number of imidazole rings is 1. The second-order valence-electron chi connectivity index (χ2n) is 5.89. The summed E-state index contributed by atoms with van der Waals surface area (Å²) in [5, 5.41) is 9.46. The average Bonchev–Trinajstić information content (AvgIpc) is 3.02. The van der Waals surface area contributed by atoms with Gasteiger partial charge in [-0.05, 0) is 6.92 Å². The summed E-state index contributed by atoms with van der Waals surface area (Å²) in [7, 11) is 1.20. The third-order valence-corrected chi connectivity index (χ3v) is 4.05. The third-order valence-electron chi connectivity index (χ3n) is 3.84. The fourth-order valence-corrected chi connectivity index (χ4v) is 2.65. The summed E-state index contributed by atoms with van der Waals surface area (Å²) in [5.74, 6) is -1.40. The Kier molecular flexibility index (Phi) is 5.71. The highest BCUT2D eigenvalue weighted by Crippen LogP contribution is 2.34. The van der Waals surface area contributed by atoms with Gasteiger partial charge in [0, 0.05) is 18.3 Å². The molecular formula is C18H12ClF3N4O4. The Labute approximate surface area is 172 Å². The SMILES string of the molecule is COC(=O)c1nc2cc(C#N)c(Oc3ncc(Cl)cc3OCC(F)(F)F)cn2c1C. The average molecular weight is 441 g/mol. The fourth-order valence-electron chi connectivity index (χ4n) is 2.50. The highest BCUT2D eigenvalue weighted by atomic mass is 35.5. The van der Waals surface area contributed by atoms with Gasteiger partial charge in [0.05, 0.1) is 29.6 Å². The molecular weight excluding hydrogens is 429 g/mol. The Morgan fingerprint density at radius 2 is 2.07 bits per heavy atom. The van der Waals surface area contributed by atoms with E-state index in [1.807, 2.05) is 6.07 Å². The maximum Gasteiger partial charge on any atom is 0.422 e. The zero-order valence-corrected chi connectivity index (χ0v) is 16.2. The predicted molar refractivity (Wildman–Crippen MR) is 96.9 cm³/mol. The van der Waals surface area contributed by atoms with Crippen LogP contribution in [0.15, 0.2) is 24.5 Å². The van der Waals surface area contributed by atoms with Gasteiger partial charge in [-0.15, -0.1) is 0 Å². The maximum atomic E-state index is 12.5. The van der Waals surface area contributed by atoms with Crippen LogP contribution >= 0.6 is 11.6 Å². The van der Waals surface area contributed by atoms with E-state index in [0.29, 0.717) is 5.69 Å². The number of rotatable bonds is 5. The summed E-state index contributed by atoms with van der Waals surface area (Å²) in [6, 6.07) is 4.36. The van der Waals surface area contributed by atoms with Crippen LogP contribution in [-0.2, 0) is 4.74 Å². The number of aryl methyl sites for hydroxylation is 1. The lowest BCUT2D eigenvalue weighted by molar-refractivity contribution is -0.153. The van der Waals surface area contributed by atoms with E-state index in [0.717, 1.165) is 12.3 Å². The van der Waals surface area contributed by atoms with Gasteiger partial charge >= 0.3 is 12.1 Å². The first-order chi connectivity index (χ1) is 14.1. The summed E-state index contributed by atoms with van der Waals surface area (Å²) in [6.07, 6.45) is -2.08. The van der Waals surface area contributed by atoms with Crippen LogP contribution in [0, 0.1) is 18.3 Å². The van der Waals surface area contributed by atoms with Gasteiger partial charge in [-0.2, -0.15) is 18.4 Å². The van der Waals surface area contributed by atoms with Gasteiger partial charge in [-0.3, -0.25) is 4.40 Å². The van der Waals surface area contributed by atoms with Crippen molar-refractivity contribution in [1.82, 2.24) is 14.4 Å². The van der Waals surface area contributed by atoms with Gasteiger partial charge in [-0.1, -0.05) is 11.6 Å². The highest BCUT2D eigenvalue weighted by molar-refractivity contribution is 6.30. The van der Waals surface area contributed by atoms with Crippen LogP contribution in [0.3, 0.4) is 0 Å². The lowest BCUT2D eigenvalue weighted by Gasteiger charge is -2.14. The number of halogens is 4. The summed E-state index contributed by atoms with van der Waals surface area (Å²) < 4.78 is 54.0. The number of hydrogen-bond acceptors (Lipinski definition) is 7. The minimum atomic E-state index is -4.59. The van der Waals surface area contributed by atoms with Crippen molar-refractivity contribution in [3.05, 3.63) is 46.5 Å². The molecule has 0 aliphatic rings. The number of hydrogen-bond donors (Lipinski definition) is 0. The Hall–Kier alpha value is -3.52. The molecule has 0 radical (unpaired) electrons. The van der Waals surface area contributed by atoms with E-state index in [-0.39, 0.29) is 39.3 Å². The Bertz CT molecular complexity index is 1170.